The largest absolute Gasteiger partial charge is 0.310 e. The van der Waals surface area contributed by atoms with E-state index in [2.05, 4.69) is 11.2 Å². The Morgan fingerprint density at radius 3 is 2.72 bits per heavy atom. The number of hydrogen-bond acceptors (Lipinski definition) is 3. The number of sulfone groups is 1. The van der Waals surface area contributed by atoms with Gasteiger partial charge >= 0.3 is 0 Å². The molecule has 1 rings (SSSR count). The van der Waals surface area contributed by atoms with Gasteiger partial charge in [-0.05, 0) is 30.7 Å². The molecular weight excluding hydrogens is 246 g/mol. The number of hydrogen-bond donors (Lipinski definition) is 1. The van der Waals surface area contributed by atoms with Crippen LogP contribution in [0.4, 0.5) is 0 Å². The van der Waals surface area contributed by atoms with Gasteiger partial charge in [-0.1, -0.05) is 19.1 Å². The van der Waals surface area contributed by atoms with Gasteiger partial charge in [0.1, 0.15) is 0 Å². The Bertz CT molecular complexity index is 529. The van der Waals surface area contributed by atoms with E-state index in [1.165, 1.54) is 6.26 Å². The zero-order valence-electron chi connectivity index (χ0n) is 10.8. The van der Waals surface area contributed by atoms with Crippen LogP contribution < -0.4 is 5.32 Å². The van der Waals surface area contributed by atoms with Crippen molar-refractivity contribution in [1.29, 1.82) is 0 Å². The molecule has 0 bridgehead atoms. The van der Waals surface area contributed by atoms with Gasteiger partial charge in [0, 0.05) is 18.7 Å². The van der Waals surface area contributed by atoms with Crippen LogP contribution in [0.25, 0.3) is 0 Å². The van der Waals surface area contributed by atoms with Gasteiger partial charge in [-0.25, -0.2) is 8.42 Å². The minimum absolute atomic E-state index is 0.104. The van der Waals surface area contributed by atoms with Crippen molar-refractivity contribution >= 4 is 9.84 Å². The topological polar surface area (TPSA) is 46.2 Å². The Morgan fingerprint density at radius 2 is 2.17 bits per heavy atom. The Kier molecular flexibility index (Phi) is 5.39. The standard InChI is InChI=1S/C14H19NO2S/c1-4-6-10-14(15-5-2)12-8-7-9-13(11-12)18(3,16)17/h1,7-9,11,14-15H,5-6,10H2,2-3H3. The van der Waals surface area contributed by atoms with Gasteiger partial charge in [-0.15, -0.1) is 12.3 Å². The molecule has 4 heteroatoms. The van der Waals surface area contributed by atoms with Crippen LogP contribution in [0.2, 0.25) is 0 Å². The summed E-state index contributed by atoms with van der Waals surface area (Å²) in [5, 5.41) is 3.32. The summed E-state index contributed by atoms with van der Waals surface area (Å²) in [4.78, 5) is 0.351. The minimum atomic E-state index is -3.16. The molecule has 0 saturated carbocycles. The SMILES string of the molecule is C#CCCC(NCC)c1cccc(S(C)(=O)=O)c1. The quantitative estimate of drug-likeness (QED) is 0.802. The average molecular weight is 265 g/mol. The monoisotopic (exact) mass is 265 g/mol. The van der Waals surface area contributed by atoms with E-state index in [1.807, 2.05) is 13.0 Å². The van der Waals surface area contributed by atoms with Gasteiger partial charge in [0.25, 0.3) is 0 Å². The first-order valence-corrected chi connectivity index (χ1v) is 7.85. The predicted octanol–water partition coefficient (Wildman–Crippen LogP) is 2.15. The highest BCUT2D eigenvalue weighted by Crippen LogP contribution is 2.21. The summed E-state index contributed by atoms with van der Waals surface area (Å²) in [6, 6.07) is 7.14. The van der Waals surface area contributed by atoms with E-state index >= 15 is 0 Å². The molecule has 98 valence electrons. The molecule has 1 aromatic carbocycles. The second-order valence-corrected chi connectivity index (χ2v) is 6.21. The zero-order valence-corrected chi connectivity index (χ0v) is 11.6. The summed E-state index contributed by atoms with van der Waals surface area (Å²) in [6.07, 6.45) is 7.97. The Labute approximate surface area is 110 Å². The fraction of sp³-hybridized carbons (Fsp3) is 0.429. The molecule has 0 fully saturated rings. The first-order chi connectivity index (χ1) is 8.49. The van der Waals surface area contributed by atoms with Crippen molar-refractivity contribution in [2.45, 2.75) is 30.7 Å². The molecule has 0 radical (unpaired) electrons. The summed E-state index contributed by atoms with van der Waals surface area (Å²) in [6.45, 7) is 2.83. The molecule has 0 aliphatic heterocycles. The highest BCUT2D eigenvalue weighted by molar-refractivity contribution is 7.90. The third-order valence-electron chi connectivity index (χ3n) is 2.72. The highest BCUT2D eigenvalue weighted by atomic mass is 32.2. The second-order valence-electron chi connectivity index (χ2n) is 4.20. The van der Waals surface area contributed by atoms with Crippen LogP contribution in [0.1, 0.15) is 31.4 Å². The van der Waals surface area contributed by atoms with Crippen molar-refractivity contribution in [1.82, 2.24) is 5.32 Å². The summed E-state index contributed by atoms with van der Waals surface area (Å²) in [5.41, 5.74) is 0.968. The molecule has 1 unspecified atom stereocenters. The van der Waals surface area contributed by atoms with Crippen molar-refractivity contribution in [3.63, 3.8) is 0 Å². The second kappa shape index (κ2) is 6.58. The average Bonchev–Trinajstić information content (AvgIpc) is 2.33. The summed E-state index contributed by atoms with van der Waals surface area (Å²) in [5.74, 6) is 2.61. The molecule has 0 amide bonds. The van der Waals surface area contributed by atoms with Crippen LogP contribution in [-0.2, 0) is 9.84 Å². The van der Waals surface area contributed by atoms with E-state index in [-0.39, 0.29) is 6.04 Å². The van der Waals surface area contributed by atoms with Gasteiger partial charge in [0.15, 0.2) is 9.84 Å². The fourth-order valence-corrected chi connectivity index (χ4v) is 2.50. The maximum Gasteiger partial charge on any atom is 0.175 e. The third-order valence-corrected chi connectivity index (χ3v) is 3.83. The Balaban J connectivity index is 3.02. The molecule has 0 spiro atoms. The summed E-state index contributed by atoms with van der Waals surface area (Å²) < 4.78 is 23.1. The van der Waals surface area contributed by atoms with E-state index in [1.54, 1.807) is 18.2 Å². The minimum Gasteiger partial charge on any atom is -0.310 e. The number of nitrogens with one attached hydrogen (secondary N) is 1. The van der Waals surface area contributed by atoms with Crippen molar-refractivity contribution in [2.24, 2.45) is 0 Å². The van der Waals surface area contributed by atoms with E-state index in [0.717, 1.165) is 18.5 Å². The van der Waals surface area contributed by atoms with Gasteiger partial charge in [0.05, 0.1) is 4.90 Å². The molecule has 1 atom stereocenters. The number of benzene rings is 1. The molecule has 0 saturated heterocycles. The van der Waals surface area contributed by atoms with Crippen molar-refractivity contribution < 1.29 is 8.42 Å². The molecule has 0 aliphatic carbocycles. The summed E-state index contributed by atoms with van der Waals surface area (Å²) in [7, 11) is -3.16. The van der Waals surface area contributed by atoms with Crippen LogP contribution in [0.15, 0.2) is 29.2 Å². The Morgan fingerprint density at radius 1 is 1.44 bits per heavy atom. The first-order valence-electron chi connectivity index (χ1n) is 5.96. The van der Waals surface area contributed by atoms with Crippen LogP contribution in [0.3, 0.4) is 0 Å². The number of rotatable bonds is 6. The molecule has 0 aromatic heterocycles. The normalized spacial score (nSPS) is 12.9. The third kappa shape index (κ3) is 4.17. The molecule has 18 heavy (non-hydrogen) atoms. The van der Waals surface area contributed by atoms with Gasteiger partial charge < -0.3 is 5.32 Å². The van der Waals surface area contributed by atoms with Crippen LogP contribution >= 0.6 is 0 Å². The molecule has 1 aromatic rings. The fourth-order valence-electron chi connectivity index (χ4n) is 1.82. The van der Waals surface area contributed by atoms with E-state index in [0.29, 0.717) is 11.3 Å². The summed E-state index contributed by atoms with van der Waals surface area (Å²) >= 11 is 0. The van der Waals surface area contributed by atoms with Crippen molar-refractivity contribution in [3.8, 4) is 12.3 Å². The molecule has 0 heterocycles. The molecule has 3 nitrogen and oxygen atoms in total. The Hall–Kier alpha value is -1.31. The van der Waals surface area contributed by atoms with E-state index < -0.39 is 9.84 Å². The maximum atomic E-state index is 11.5. The van der Waals surface area contributed by atoms with Crippen LogP contribution in [0.5, 0.6) is 0 Å². The van der Waals surface area contributed by atoms with E-state index in [9.17, 15) is 8.42 Å². The van der Waals surface area contributed by atoms with E-state index in [4.69, 9.17) is 6.42 Å². The van der Waals surface area contributed by atoms with Gasteiger partial charge in [0.2, 0.25) is 0 Å². The van der Waals surface area contributed by atoms with Gasteiger partial charge in [-0.2, -0.15) is 0 Å². The van der Waals surface area contributed by atoms with Crippen LogP contribution in [-0.4, -0.2) is 21.2 Å². The molecular formula is C14H19NO2S. The zero-order chi connectivity index (χ0) is 13.6. The maximum absolute atomic E-state index is 11.5. The first kappa shape index (κ1) is 14.7. The smallest absolute Gasteiger partial charge is 0.175 e. The molecule has 1 N–H and O–H groups in total. The van der Waals surface area contributed by atoms with Crippen molar-refractivity contribution in [2.75, 3.05) is 12.8 Å². The highest BCUT2D eigenvalue weighted by Gasteiger charge is 2.13. The van der Waals surface area contributed by atoms with Gasteiger partial charge in [-0.3, -0.25) is 0 Å². The lowest BCUT2D eigenvalue weighted by atomic mass is 10.0. The van der Waals surface area contributed by atoms with Crippen molar-refractivity contribution in [3.05, 3.63) is 29.8 Å². The lowest BCUT2D eigenvalue weighted by Crippen LogP contribution is -2.21. The van der Waals surface area contributed by atoms with Crippen LogP contribution in [0, 0.1) is 12.3 Å². The molecule has 0 aliphatic rings. The lowest BCUT2D eigenvalue weighted by Gasteiger charge is -2.17. The lowest BCUT2D eigenvalue weighted by molar-refractivity contribution is 0.521. The predicted molar refractivity (Wildman–Crippen MR) is 74.0 cm³/mol. The number of terminal acetylenes is 1.